The van der Waals surface area contributed by atoms with Crippen molar-refractivity contribution in [2.75, 3.05) is 38.0 Å². The molecule has 5 aromatic carbocycles. The van der Waals surface area contributed by atoms with Gasteiger partial charge in [0.2, 0.25) is 5.91 Å². The van der Waals surface area contributed by atoms with E-state index in [9.17, 15) is 19.2 Å². The van der Waals surface area contributed by atoms with Crippen LogP contribution < -0.4 is 25.4 Å². The van der Waals surface area contributed by atoms with Crippen LogP contribution in [0.5, 0.6) is 11.5 Å². The molecule has 3 N–H and O–H groups in total. The second-order valence-corrected chi connectivity index (χ2v) is 16.5. The van der Waals surface area contributed by atoms with Gasteiger partial charge in [0.15, 0.2) is 0 Å². The van der Waals surface area contributed by atoms with Gasteiger partial charge in [-0.15, -0.1) is 23.1 Å². The van der Waals surface area contributed by atoms with E-state index in [0.29, 0.717) is 56.7 Å². The first-order valence-electron chi connectivity index (χ1n) is 20.0. The molecule has 13 heteroatoms. The highest BCUT2D eigenvalue weighted by Crippen LogP contribution is 2.41. The number of carbonyl (C=O) groups excluding carboxylic acids is 4. The van der Waals surface area contributed by atoms with E-state index in [-0.39, 0.29) is 18.2 Å². The van der Waals surface area contributed by atoms with Gasteiger partial charge in [0.25, 0.3) is 11.8 Å². The van der Waals surface area contributed by atoms with Crippen molar-refractivity contribution < 1.29 is 33.4 Å². The number of nitrogens with one attached hydrogen (secondary N) is 3. The van der Waals surface area contributed by atoms with Crippen molar-refractivity contribution in [1.82, 2.24) is 10.2 Å². The molecule has 1 aliphatic rings. The first-order valence-corrected chi connectivity index (χ1v) is 21.7. The second kappa shape index (κ2) is 20.7. The van der Waals surface area contributed by atoms with Crippen LogP contribution in [0.4, 0.5) is 10.7 Å². The largest absolute Gasteiger partial charge is 0.497 e. The van der Waals surface area contributed by atoms with Gasteiger partial charge in [-0.05, 0) is 78.6 Å². The Morgan fingerprint density at radius 1 is 0.823 bits per heavy atom. The molecule has 1 aromatic heterocycles. The lowest BCUT2D eigenvalue weighted by atomic mass is 10.0. The van der Waals surface area contributed by atoms with E-state index in [1.54, 1.807) is 80.8 Å². The van der Waals surface area contributed by atoms with E-state index < -0.39 is 23.0 Å². The number of carbonyl (C=O) groups is 4. The summed E-state index contributed by atoms with van der Waals surface area (Å²) in [5, 5.41) is 8.55. The predicted octanol–water partition coefficient (Wildman–Crippen LogP) is 9.38. The highest BCUT2D eigenvalue weighted by molar-refractivity contribution is 8.00. The molecule has 0 fully saturated rings. The average Bonchev–Trinajstić information content (AvgIpc) is 3.66. The van der Waals surface area contributed by atoms with Crippen LogP contribution in [0.15, 0.2) is 144 Å². The number of hydrogen-bond donors (Lipinski definition) is 3. The van der Waals surface area contributed by atoms with Gasteiger partial charge in [0, 0.05) is 52.3 Å². The molecule has 7 rings (SSSR count). The Balaban J connectivity index is 1.14. The molecule has 1 atom stereocenters. The van der Waals surface area contributed by atoms with Gasteiger partial charge in [-0.25, -0.2) is 4.79 Å². The third-order valence-electron chi connectivity index (χ3n) is 10.1. The third-order valence-corrected chi connectivity index (χ3v) is 12.4. The zero-order chi connectivity index (χ0) is 43.4. The van der Waals surface area contributed by atoms with Crippen molar-refractivity contribution in [2.45, 2.75) is 36.6 Å². The van der Waals surface area contributed by atoms with Crippen molar-refractivity contribution in [1.29, 1.82) is 0 Å². The topological polar surface area (TPSA) is 135 Å². The van der Waals surface area contributed by atoms with Crippen LogP contribution >= 0.6 is 23.1 Å². The Morgan fingerprint density at radius 2 is 1.55 bits per heavy atom. The van der Waals surface area contributed by atoms with Crippen LogP contribution in [0.2, 0.25) is 0 Å². The quantitative estimate of drug-likeness (QED) is 0.0494. The maximum absolute atomic E-state index is 14.5. The number of nitrogens with zero attached hydrogens (tertiary/aromatic N) is 1. The first-order chi connectivity index (χ1) is 30.2. The number of hydrogen-bond acceptors (Lipinski definition) is 10. The number of benzene rings is 5. The standard InChI is InChI=1S/C49H46N4O7S2/c1-4-60-49(57)43-39-25-26-53(30-32-15-8-5-9-16-32)31-42(39)62-48(43)52-47(56)44(33-17-10-6-11-18-33)61-38-22-14-21-36(28-38)50-46(55)40(51-45(54)34-19-12-7-13-20-34)27-35-23-24-37(58-2)29-41(35)59-3/h5-24,27-29,44H,4,25-26,30-31H2,1-3H3,(H,50,55)(H,51,54)(H,52,56)/b40-27+. The molecule has 1 aliphatic heterocycles. The highest BCUT2D eigenvalue weighted by atomic mass is 32.2. The molecule has 0 radical (unpaired) electrons. The molecule has 0 aliphatic carbocycles. The average molecular weight is 867 g/mol. The summed E-state index contributed by atoms with van der Waals surface area (Å²) in [5.41, 5.74) is 4.61. The second-order valence-electron chi connectivity index (χ2n) is 14.2. The van der Waals surface area contributed by atoms with Crippen molar-refractivity contribution in [2.24, 2.45) is 0 Å². The number of rotatable bonds is 16. The number of ether oxygens (including phenoxy) is 3. The smallest absolute Gasteiger partial charge is 0.341 e. The number of methoxy groups -OCH3 is 2. The van der Waals surface area contributed by atoms with Crippen LogP contribution in [-0.2, 0) is 33.8 Å². The van der Waals surface area contributed by atoms with Gasteiger partial charge in [-0.2, -0.15) is 0 Å². The lowest BCUT2D eigenvalue weighted by molar-refractivity contribution is -0.116. The first kappa shape index (κ1) is 43.4. The molecule has 1 unspecified atom stereocenters. The number of anilines is 2. The van der Waals surface area contributed by atoms with Gasteiger partial charge in [-0.1, -0.05) is 84.9 Å². The van der Waals surface area contributed by atoms with Crippen LogP contribution in [0.3, 0.4) is 0 Å². The van der Waals surface area contributed by atoms with Gasteiger partial charge >= 0.3 is 5.97 Å². The molecule has 0 bridgehead atoms. The van der Waals surface area contributed by atoms with Gasteiger partial charge in [0.05, 0.1) is 26.4 Å². The fourth-order valence-electron chi connectivity index (χ4n) is 7.04. The summed E-state index contributed by atoms with van der Waals surface area (Å²) in [6, 6.07) is 40.5. The molecule has 0 spiro atoms. The number of thiophene rings is 1. The zero-order valence-corrected chi connectivity index (χ0v) is 36.1. The van der Waals surface area contributed by atoms with Crippen LogP contribution in [-0.4, -0.2) is 56.0 Å². The van der Waals surface area contributed by atoms with Crippen molar-refractivity contribution >= 4 is 63.6 Å². The van der Waals surface area contributed by atoms with Crippen LogP contribution in [0.25, 0.3) is 6.08 Å². The Bertz CT molecular complexity index is 2560. The monoisotopic (exact) mass is 866 g/mol. The lowest BCUT2D eigenvalue weighted by Crippen LogP contribution is -2.30. The normalized spacial score (nSPS) is 13.0. The Labute approximate surface area is 369 Å². The molecule has 2 heterocycles. The fraction of sp³-hybridized carbons (Fsp3) is 0.184. The van der Waals surface area contributed by atoms with Gasteiger partial charge in [0.1, 0.15) is 27.4 Å². The minimum atomic E-state index is -0.742. The molecule has 3 amide bonds. The van der Waals surface area contributed by atoms with E-state index in [2.05, 4.69) is 33.0 Å². The third kappa shape index (κ3) is 10.8. The number of amides is 3. The molecule has 0 saturated carbocycles. The molecule has 316 valence electrons. The summed E-state index contributed by atoms with van der Waals surface area (Å²) in [6.07, 6.45) is 2.19. The summed E-state index contributed by atoms with van der Waals surface area (Å²) >= 11 is 2.72. The zero-order valence-electron chi connectivity index (χ0n) is 34.5. The Kier molecular flexibility index (Phi) is 14.5. The van der Waals surface area contributed by atoms with E-state index >= 15 is 0 Å². The summed E-state index contributed by atoms with van der Waals surface area (Å²) in [7, 11) is 3.05. The van der Waals surface area contributed by atoms with Crippen LogP contribution in [0.1, 0.15) is 60.0 Å². The lowest BCUT2D eigenvalue weighted by Gasteiger charge is -2.27. The molecular weight excluding hydrogens is 821 g/mol. The number of thioether (sulfide) groups is 1. The highest BCUT2D eigenvalue weighted by Gasteiger charge is 2.32. The van der Waals surface area contributed by atoms with E-state index in [0.717, 1.165) is 29.1 Å². The van der Waals surface area contributed by atoms with Gasteiger partial charge in [-0.3, -0.25) is 19.3 Å². The van der Waals surface area contributed by atoms with E-state index in [1.165, 1.54) is 41.8 Å². The van der Waals surface area contributed by atoms with Crippen molar-refractivity contribution in [3.05, 3.63) is 177 Å². The summed E-state index contributed by atoms with van der Waals surface area (Å²) in [6.45, 7) is 4.16. The molecular formula is C49H46N4O7S2. The molecule has 62 heavy (non-hydrogen) atoms. The molecule has 0 saturated heterocycles. The SMILES string of the molecule is CCOC(=O)c1c(NC(=O)C(Sc2cccc(NC(=O)/C(=C\c3ccc(OC)cc3OC)NC(=O)c3ccccc3)c2)c2ccccc2)sc2c1CCN(Cc1ccccc1)C2. The van der Waals surface area contributed by atoms with Crippen molar-refractivity contribution in [3.63, 3.8) is 0 Å². The minimum Gasteiger partial charge on any atom is -0.497 e. The predicted molar refractivity (Wildman–Crippen MR) is 245 cm³/mol. The Morgan fingerprint density at radius 3 is 2.26 bits per heavy atom. The Hall–Kier alpha value is -6.67. The van der Waals surface area contributed by atoms with E-state index in [4.69, 9.17) is 14.2 Å². The fourth-order valence-corrected chi connectivity index (χ4v) is 9.40. The van der Waals surface area contributed by atoms with E-state index in [1.807, 2.05) is 54.6 Å². The number of esters is 1. The van der Waals surface area contributed by atoms with Crippen LogP contribution in [0, 0.1) is 0 Å². The minimum absolute atomic E-state index is 0.0267. The maximum atomic E-state index is 14.5. The molecule has 11 nitrogen and oxygen atoms in total. The summed E-state index contributed by atoms with van der Waals surface area (Å²) in [5.74, 6) is -0.819. The number of fused-ring (bicyclic) bond motifs is 1. The van der Waals surface area contributed by atoms with Crippen molar-refractivity contribution in [3.8, 4) is 11.5 Å². The maximum Gasteiger partial charge on any atom is 0.341 e. The van der Waals surface area contributed by atoms with Gasteiger partial charge < -0.3 is 30.2 Å². The summed E-state index contributed by atoms with van der Waals surface area (Å²) in [4.78, 5) is 59.4. The summed E-state index contributed by atoms with van der Waals surface area (Å²) < 4.78 is 16.4. The molecule has 6 aromatic rings.